The van der Waals surface area contributed by atoms with Crippen LogP contribution in [0.15, 0.2) is 40.9 Å². The molecule has 0 radical (unpaired) electrons. The molecule has 3 N–H and O–H groups in total. The van der Waals surface area contributed by atoms with E-state index in [0.29, 0.717) is 26.9 Å². The van der Waals surface area contributed by atoms with Crippen molar-refractivity contribution < 1.29 is 4.79 Å². The molecular formula is C14H9BrCl2N2OS. The Bertz CT molecular complexity index is 737. The summed E-state index contributed by atoms with van der Waals surface area (Å²) in [6.07, 6.45) is 0. The number of halogens is 3. The number of carbonyl (C=O) groups is 1. The van der Waals surface area contributed by atoms with E-state index >= 15 is 0 Å². The summed E-state index contributed by atoms with van der Waals surface area (Å²) in [7, 11) is 0. The molecule has 0 aliphatic rings. The number of amides is 1. The van der Waals surface area contributed by atoms with Gasteiger partial charge in [-0.1, -0.05) is 51.3 Å². The number of benzene rings is 2. The van der Waals surface area contributed by atoms with E-state index in [1.54, 1.807) is 36.4 Å². The van der Waals surface area contributed by atoms with Crippen molar-refractivity contribution in [3.05, 3.63) is 62.0 Å². The van der Waals surface area contributed by atoms with E-state index in [0.717, 1.165) is 4.47 Å². The molecule has 0 atom stereocenters. The smallest absolute Gasteiger partial charge is 0.257 e. The van der Waals surface area contributed by atoms with Gasteiger partial charge in [-0.25, -0.2) is 0 Å². The van der Waals surface area contributed by atoms with Crippen molar-refractivity contribution in [2.24, 2.45) is 5.73 Å². The zero-order chi connectivity index (χ0) is 15.6. The topological polar surface area (TPSA) is 55.1 Å². The maximum Gasteiger partial charge on any atom is 0.257 e. The molecule has 2 rings (SSSR count). The minimum Gasteiger partial charge on any atom is -0.389 e. The van der Waals surface area contributed by atoms with Gasteiger partial charge >= 0.3 is 0 Å². The first kappa shape index (κ1) is 16.2. The van der Waals surface area contributed by atoms with Crippen LogP contribution in [0.3, 0.4) is 0 Å². The molecule has 0 spiro atoms. The highest BCUT2D eigenvalue weighted by Crippen LogP contribution is 2.25. The summed E-state index contributed by atoms with van der Waals surface area (Å²) in [5.41, 5.74) is 6.96. The molecule has 0 heterocycles. The Labute approximate surface area is 145 Å². The highest BCUT2D eigenvalue weighted by Gasteiger charge is 2.14. The van der Waals surface area contributed by atoms with Crippen LogP contribution in [-0.2, 0) is 0 Å². The number of anilines is 1. The van der Waals surface area contributed by atoms with E-state index in [1.807, 2.05) is 0 Å². The summed E-state index contributed by atoms with van der Waals surface area (Å²) in [4.78, 5) is 12.5. The lowest BCUT2D eigenvalue weighted by atomic mass is 10.1. The molecule has 2 aromatic rings. The molecule has 0 fully saturated rings. The molecule has 0 unspecified atom stereocenters. The fraction of sp³-hybridized carbons (Fsp3) is 0. The summed E-state index contributed by atoms with van der Waals surface area (Å²) in [5, 5.41) is 3.52. The summed E-state index contributed by atoms with van der Waals surface area (Å²) < 4.78 is 0.788. The second kappa shape index (κ2) is 6.75. The van der Waals surface area contributed by atoms with Gasteiger partial charge in [0.1, 0.15) is 4.99 Å². The van der Waals surface area contributed by atoms with E-state index in [4.69, 9.17) is 41.2 Å². The van der Waals surface area contributed by atoms with Crippen LogP contribution in [0, 0.1) is 0 Å². The average molecular weight is 404 g/mol. The van der Waals surface area contributed by atoms with Crippen LogP contribution < -0.4 is 11.1 Å². The van der Waals surface area contributed by atoms with Gasteiger partial charge in [0.2, 0.25) is 0 Å². The van der Waals surface area contributed by atoms with E-state index in [-0.39, 0.29) is 10.9 Å². The Morgan fingerprint density at radius 2 is 1.81 bits per heavy atom. The second-order valence-electron chi connectivity index (χ2n) is 4.13. The van der Waals surface area contributed by atoms with Crippen LogP contribution in [0.25, 0.3) is 0 Å². The molecule has 1 amide bonds. The third kappa shape index (κ3) is 3.95. The van der Waals surface area contributed by atoms with Gasteiger partial charge in [0, 0.05) is 15.1 Å². The van der Waals surface area contributed by atoms with Gasteiger partial charge in [-0.3, -0.25) is 4.79 Å². The van der Waals surface area contributed by atoms with Gasteiger partial charge in [-0.05, 0) is 36.4 Å². The minimum atomic E-state index is -0.368. The fourth-order valence-corrected chi connectivity index (χ4v) is 2.81. The van der Waals surface area contributed by atoms with E-state index in [2.05, 4.69) is 21.2 Å². The van der Waals surface area contributed by atoms with Crippen LogP contribution in [-0.4, -0.2) is 10.9 Å². The van der Waals surface area contributed by atoms with Crippen molar-refractivity contribution in [1.29, 1.82) is 0 Å². The minimum absolute atomic E-state index is 0.170. The largest absolute Gasteiger partial charge is 0.389 e. The first-order valence-corrected chi connectivity index (χ1v) is 7.70. The predicted octanol–water partition coefficient (Wildman–Crippen LogP) is 4.64. The Morgan fingerprint density at radius 1 is 1.14 bits per heavy atom. The molecule has 0 saturated carbocycles. The van der Waals surface area contributed by atoms with Gasteiger partial charge < -0.3 is 11.1 Å². The summed E-state index contributed by atoms with van der Waals surface area (Å²) in [6, 6.07) is 9.88. The van der Waals surface area contributed by atoms with Crippen molar-refractivity contribution >= 4 is 67.9 Å². The summed E-state index contributed by atoms with van der Waals surface area (Å²) in [5.74, 6) is -0.368. The van der Waals surface area contributed by atoms with Crippen LogP contribution in [0.1, 0.15) is 15.9 Å². The van der Waals surface area contributed by atoms with Crippen molar-refractivity contribution in [1.82, 2.24) is 0 Å². The molecule has 0 aliphatic carbocycles. The number of hydrogen-bond donors (Lipinski definition) is 2. The van der Waals surface area contributed by atoms with Crippen molar-refractivity contribution in [3.8, 4) is 0 Å². The maximum absolute atomic E-state index is 12.3. The fourth-order valence-electron chi connectivity index (χ4n) is 1.70. The molecule has 21 heavy (non-hydrogen) atoms. The SMILES string of the molecule is NC(=S)c1ccc(Cl)cc1NC(=O)c1ccc(Br)cc1Cl. The number of nitrogens with one attached hydrogen (secondary N) is 1. The Balaban J connectivity index is 2.35. The lowest BCUT2D eigenvalue weighted by Crippen LogP contribution is -2.18. The first-order chi connectivity index (χ1) is 9.88. The average Bonchev–Trinajstić information content (AvgIpc) is 2.37. The van der Waals surface area contributed by atoms with Crippen LogP contribution in [0.4, 0.5) is 5.69 Å². The molecule has 0 aromatic heterocycles. The number of nitrogens with two attached hydrogens (primary N) is 1. The molecule has 0 saturated heterocycles. The van der Waals surface area contributed by atoms with Gasteiger partial charge in [-0.15, -0.1) is 0 Å². The van der Waals surface area contributed by atoms with Crippen LogP contribution >= 0.6 is 51.3 Å². The van der Waals surface area contributed by atoms with E-state index in [9.17, 15) is 4.79 Å². The Kier molecular flexibility index (Phi) is 5.22. The molecule has 0 aliphatic heterocycles. The maximum atomic E-state index is 12.3. The highest BCUT2D eigenvalue weighted by atomic mass is 79.9. The third-order valence-corrected chi connectivity index (χ3v) is 3.93. The third-order valence-electron chi connectivity index (χ3n) is 2.67. The molecular weight excluding hydrogens is 395 g/mol. The predicted molar refractivity (Wildman–Crippen MR) is 94.4 cm³/mol. The number of rotatable bonds is 3. The van der Waals surface area contributed by atoms with Crippen molar-refractivity contribution in [3.63, 3.8) is 0 Å². The highest BCUT2D eigenvalue weighted by molar-refractivity contribution is 9.10. The van der Waals surface area contributed by atoms with Crippen LogP contribution in [0.5, 0.6) is 0 Å². The van der Waals surface area contributed by atoms with Crippen LogP contribution in [0.2, 0.25) is 10.0 Å². The lowest BCUT2D eigenvalue weighted by Gasteiger charge is -2.11. The normalized spacial score (nSPS) is 10.2. The molecule has 108 valence electrons. The number of carbonyl (C=O) groups excluding carboxylic acids is 1. The quantitative estimate of drug-likeness (QED) is 0.733. The first-order valence-electron chi connectivity index (χ1n) is 5.74. The van der Waals surface area contributed by atoms with Gasteiger partial charge in [0.25, 0.3) is 5.91 Å². The van der Waals surface area contributed by atoms with E-state index in [1.165, 1.54) is 0 Å². The molecule has 2 aromatic carbocycles. The van der Waals surface area contributed by atoms with Crippen molar-refractivity contribution in [2.45, 2.75) is 0 Å². The zero-order valence-corrected chi connectivity index (χ0v) is 14.4. The van der Waals surface area contributed by atoms with Gasteiger partial charge in [0.05, 0.1) is 16.3 Å². The second-order valence-corrected chi connectivity index (χ2v) is 6.33. The Morgan fingerprint density at radius 3 is 2.43 bits per heavy atom. The summed E-state index contributed by atoms with van der Waals surface area (Å²) in [6.45, 7) is 0. The number of hydrogen-bond acceptors (Lipinski definition) is 2. The van der Waals surface area contributed by atoms with Gasteiger partial charge in [-0.2, -0.15) is 0 Å². The number of thiocarbonyl (C=S) groups is 1. The Hall–Kier alpha value is -1.14. The standard InChI is InChI=1S/C14H9BrCl2N2OS/c15-7-1-3-9(11(17)5-7)14(20)19-12-6-8(16)2-4-10(12)13(18)21/h1-6H,(H2,18,21)(H,19,20). The molecule has 7 heteroatoms. The van der Waals surface area contributed by atoms with Gasteiger partial charge in [0.15, 0.2) is 0 Å². The summed E-state index contributed by atoms with van der Waals surface area (Å²) >= 11 is 20.2. The lowest BCUT2D eigenvalue weighted by molar-refractivity contribution is 0.102. The van der Waals surface area contributed by atoms with E-state index < -0.39 is 0 Å². The molecule has 3 nitrogen and oxygen atoms in total. The molecule has 0 bridgehead atoms. The van der Waals surface area contributed by atoms with Crippen molar-refractivity contribution in [2.75, 3.05) is 5.32 Å². The monoisotopic (exact) mass is 402 g/mol. The zero-order valence-electron chi connectivity index (χ0n) is 10.5.